The lowest BCUT2D eigenvalue weighted by molar-refractivity contribution is -0.120. The van der Waals surface area contributed by atoms with Gasteiger partial charge in [0.15, 0.2) is 0 Å². The Balaban J connectivity index is 2.00. The highest BCUT2D eigenvalue weighted by Crippen LogP contribution is 2.29. The van der Waals surface area contributed by atoms with Crippen LogP contribution in [0.4, 0.5) is 0 Å². The number of hydrogen-bond donors (Lipinski definition) is 0. The van der Waals surface area contributed by atoms with E-state index in [2.05, 4.69) is 5.92 Å². The highest BCUT2D eigenvalue weighted by molar-refractivity contribution is 5.78. The van der Waals surface area contributed by atoms with Crippen molar-refractivity contribution in [2.75, 3.05) is 0 Å². The Morgan fingerprint density at radius 3 is 2.75 bits per heavy atom. The van der Waals surface area contributed by atoms with Gasteiger partial charge in [0.2, 0.25) is 0 Å². The molecule has 0 atom stereocenters. The van der Waals surface area contributed by atoms with E-state index in [4.69, 9.17) is 6.42 Å². The predicted octanol–water partition coefficient (Wildman–Crippen LogP) is 2.55. The Morgan fingerprint density at radius 2 is 2.25 bits per heavy atom. The standard InChI is InChI=1S/C11H16O/c1-2-3-4-8-11(12)9-10-6-5-7-10/h1,10H,3-9H2. The highest BCUT2D eigenvalue weighted by Gasteiger charge is 2.19. The number of Topliss-reactive ketones (excluding diaryl/α,β-unsaturated/α-hetero) is 1. The maximum atomic E-state index is 11.3. The number of carbonyl (C=O) groups excluding carboxylic acids is 1. The van der Waals surface area contributed by atoms with E-state index in [1.807, 2.05) is 0 Å². The number of carbonyl (C=O) groups is 1. The van der Waals surface area contributed by atoms with Crippen molar-refractivity contribution in [1.29, 1.82) is 0 Å². The van der Waals surface area contributed by atoms with Gasteiger partial charge in [-0.3, -0.25) is 4.79 Å². The number of unbranched alkanes of at least 4 members (excludes halogenated alkanes) is 1. The van der Waals surface area contributed by atoms with Crippen LogP contribution in [0.5, 0.6) is 0 Å². The molecule has 1 aliphatic rings. The lowest BCUT2D eigenvalue weighted by atomic mass is 9.81. The summed E-state index contributed by atoms with van der Waals surface area (Å²) in [4.78, 5) is 11.3. The summed E-state index contributed by atoms with van der Waals surface area (Å²) in [6, 6.07) is 0. The van der Waals surface area contributed by atoms with Crippen LogP contribution in [-0.2, 0) is 4.79 Å². The topological polar surface area (TPSA) is 17.1 Å². The highest BCUT2D eigenvalue weighted by atomic mass is 16.1. The summed E-state index contributed by atoms with van der Waals surface area (Å²) in [7, 11) is 0. The van der Waals surface area contributed by atoms with E-state index in [9.17, 15) is 4.79 Å². The first-order valence-electron chi connectivity index (χ1n) is 4.78. The molecular formula is C11H16O. The maximum absolute atomic E-state index is 11.3. The summed E-state index contributed by atoms with van der Waals surface area (Å²) >= 11 is 0. The monoisotopic (exact) mass is 164 g/mol. The zero-order chi connectivity index (χ0) is 8.81. The van der Waals surface area contributed by atoms with Crippen LogP contribution in [0.15, 0.2) is 0 Å². The van der Waals surface area contributed by atoms with Gasteiger partial charge in [-0.2, -0.15) is 0 Å². The van der Waals surface area contributed by atoms with Gasteiger partial charge in [-0.15, -0.1) is 12.3 Å². The molecule has 0 amide bonds. The molecule has 0 aromatic carbocycles. The fourth-order valence-electron chi connectivity index (χ4n) is 1.51. The predicted molar refractivity (Wildman–Crippen MR) is 49.6 cm³/mol. The van der Waals surface area contributed by atoms with Gasteiger partial charge >= 0.3 is 0 Å². The molecular weight excluding hydrogens is 148 g/mol. The minimum absolute atomic E-state index is 0.412. The van der Waals surface area contributed by atoms with Gasteiger partial charge < -0.3 is 0 Å². The molecule has 1 saturated carbocycles. The average molecular weight is 164 g/mol. The van der Waals surface area contributed by atoms with E-state index in [0.29, 0.717) is 18.1 Å². The van der Waals surface area contributed by atoms with Crippen molar-refractivity contribution in [3.8, 4) is 12.3 Å². The number of rotatable bonds is 5. The molecule has 0 saturated heterocycles. The lowest BCUT2D eigenvalue weighted by Gasteiger charge is -2.24. The van der Waals surface area contributed by atoms with E-state index < -0.39 is 0 Å². The van der Waals surface area contributed by atoms with Gasteiger partial charge in [-0.1, -0.05) is 19.3 Å². The number of terminal acetylenes is 1. The molecule has 1 nitrogen and oxygen atoms in total. The van der Waals surface area contributed by atoms with Gasteiger partial charge in [-0.25, -0.2) is 0 Å². The van der Waals surface area contributed by atoms with Gasteiger partial charge in [0.1, 0.15) is 5.78 Å². The summed E-state index contributed by atoms with van der Waals surface area (Å²) in [5.74, 6) is 3.68. The minimum Gasteiger partial charge on any atom is -0.300 e. The van der Waals surface area contributed by atoms with Crippen molar-refractivity contribution in [1.82, 2.24) is 0 Å². The van der Waals surface area contributed by atoms with Crippen LogP contribution in [0.2, 0.25) is 0 Å². The van der Waals surface area contributed by atoms with Crippen LogP contribution >= 0.6 is 0 Å². The molecule has 0 radical (unpaired) electrons. The Bertz CT molecular complexity index is 184. The molecule has 0 heterocycles. The largest absolute Gasteiger partial charge is 0.300 e. The molecule has 1 fully saturated rings. The molecule has 0 aliphatic heterocycles. The SMILES string of the molecule is C#CCCCC(=O)CC1CCC1. The summed E-state index contributed by atoms with van der Waals surface area (Å²) in [5, 5.41) is 0. The van der Waals surface area contributed by atoms with Gasteiger partial charge in [-0.05, 0) is 12.3 Å². The van der Waals surface area contributed by atoms with Crippen molar-refractivity contribution in [3.05, 3.63) is 0 Å². The van der Waals surface area contributed by atoms with Gasteiger partial charge in [0.25, 0.3) is 0 Å². The smallest absolute Gasteiger partial charge is 0.133 e. The fraction of sp³-hybridized carbons (Fsp3) is 0.727. The quantitative estimate of drug-likeness (QED) is 0.451. The van der Waals surface area contributed by atoms with Crippen molar-refractivity contribution in [3.63, 3.8) is 0 Å². The molecule has 12 heavy (non-hydrogen) atoms. The van der Waals surface area contributed by atoms with Crippen LogP contribution in [0.1, 0.15) is 44.9 Å². The Hall–Kier alpha value is -0.770. The van der Waals surface area contributed by atoms with Crippen LogP contribution in [0.25, 0.3) is 0 Å². The molecule has 0 unspecified atom stereocenters. The zero-order valence-corrected chi connectivity index (χ0v) is 7.51. The Morgan fingerprint density at radius 1 is 1.50 bits per heavy atom. The first kappa shape index (κ1) is 9.32. The number of hydrogen-bond acceptors (Lipinski definition) is 1. The summed E-state index contributed by atoms with van der Waals surface area (Å²) in [6.07, 6.45) is 12.1. The third kappa shape index (κ3) is 3.09. The van der Waals surface area contributed by atoms with Crippen molar-refractivity contribution in [2.24, 2.45) is 5.92 Å². The van der Waals surface area contributed by atoms with Crippen molar-refractivity contribution < 1.29 is 4.79 Å². The molecule has 0 spiro atoms. The van der Waals surface area contributed by atoms with E-state index in [-0.39, 0.29) is 0 Å². The van der Waals surface area contributed by atoms with E-state index in [1.165, 1.54) is 19.3 Å². The normalized spacial score (nSPS) is 16.6. The molecule has 0 N–H and O–H groups in total. The molecule has 0 aromatic heterocycles. The van der Waals surface area contributed by atoms with E-state index in [0.717, 1.165) is 19.3 Å². The van der Waals surface area contributed by atoms with Crippen LogP contribution in [0.3, 0.4) is 0 Å². The first-order valence-corrected chi connectivity index (χ1v) is 4.78. The minimum atomic E-state index is 0.412. The molecule has 66 valence electrons. The van der Waals surface area contributed by atoms with Crippen molar-refractivity contribution >= 4 is 5.78 Å². The van der Waals surface area contributed by atoms with Crippen LogP contribution < -0.4 is 0 Å². The number of ketones is 1. The zero-order valence-electron chi connectivity index (χ0n) is 7.51. The second-order valence-electron chi connectivity index (χ2n) is 3.60. The summed E-state index contributed by atoms with van der Waals surface area (Å²) in [6.45, 7) is 0. The van der Waals surface area contributed by atoms with E-state index in [1.54, 1.807) is 0 Å². The fourth-order valence-corrected chi connectivity index (χ4v) is 1.51. The maximum Gasteiger partial charge on any atom is 0.133 e. The third-order valence-electron chi connectivity index (χ3n) is 2.52. The second-order valence-corrected chi connectivity index (χ2v) is 3.60. The van der Waals surface area contributed by atoms with Crippen LogP contribution in [0, 0.1) is 18.3 Å². The summed E-state index contributed by atoms with van der Waals surface area (Å²) < 4.78 is 0. The van der Waals surface area contributed by atoms with E-state index >= 15 is 0 Å². The van der Waals surface area contributed by atoms with Gasteiger partial charge in [0.05, 0.1) is 0 Å². The molecule has 1 aliphatic carbocycles. The molecule has 0 aromatic rings. The second kappa shape index (κ2) is 4.98. The Labute approximate surface area is 74.5 Å². The molecule has 0 bridgehead atoms. The third-order valence-corrected chi connectivity index (χ3v) is 2.52. The lowest BCUT2D eigenvalue weighted by Crippen LogP contribution is -2.15. The van der Waals surface area contributed by atoms with Crippen molar-refractivity contribution in [2.45, 2.75) is 44.9 Å². The average Bonchev–Trinajstić information content (AvgIpc) is 1.98. The Kier molecular flexibility index (Phi) is 3.87. The summed E-state index contributed by atoms with van der Waals surface area (Å²) in [5.41, 5.74) is 0. The first-order chi connectivity index (χ1) is 5.83. The van der Waals surface area contributed by atoms with Gasteiger partial charge in [0, 0.05) is 19.3 Å². The molecule has 1 rings (SSSR count). The molecule has 1 heteroatoms. The van der Waals surface area contributed by atoms with Crippen LogP contribution in [-0.4, -0.2) is 5.78 Å².